The summed E-state index contributed by atoms with van der Waals surface area (Å²) >= 11 is 0. The van der Waals surface area contributed by atoms with Crippen LogP contribution in [0.15, 0.2) is 48.5 Å². The van der Waals surface area contributed by atoms with E-state index in [0.29, 0.717) is 12.5 Å². The average Bonchev–Trinajstić information content (AvgIpc) is 2.47. The van der Waals surface area contributed by atoms with Gasteiger partial charge in [0.1, 0.15) is 6.10 Å². The van der Waals surface area contributed by atoms with Crippen LogP contribution in [0.2, 0.25) is 0 Å². The highest BCUT2D eigenvalue weighted by Crippen LogP contribution is 2.40. The first-order valence-electron chi connectivity index (χ1n) is 7.64. The van der Waals surface area contributed by atoms with Crippen LogP contribution in [0.3, 0.4) is 0 Å². The van der Waals surface area contributed by atoms with Crippen molar-refractivity contribution in [3.8, 4) is 0 Å². The van der Waals surface area contributed by atoms with Crippen molar-refractivity contribution in [2.75, 3.05) is 7.11 Å². The molecule has 1 aliphatic rings. The van der Waals surface area contributed by atoms with Crippen molar-refractivity contribution in [3.05, 3.63) is 70.8 Å². The fourth-order valence-electron chi connectivity index (χ4n) is 2.99. The molecule has 0 aliphatic heterocycles. The van der Waals surface area contributed by atoms with Crippen LogP contribution >= 0.6 is 0 Å². The van der Waals surface area contributed by atoms with Gasteiger partial charge in [-0.3, -0.25) is 0 Å². The maximum Gasteiger partial charge on any atom is 0.104 e. The lowest BCUT2D eigenvalue weighted by molar-refractivity contribution is 0.184. The number of aliphatic hydroxyl groups excluding tert-OH is 1. The van der Waals surface area contributed by atoms with Gasteiger partial charge in [0.15, 0.2) is 0 Å². The quantitative estimate of drug-likeness (QED) is 0.891. The molecule has 0 amide bonds. The van der Waals surface area contributed by atoms with Gasteiger partial charge in [0.05, 0.1) is 6.61 Å². The standard InChI is InChI=1S/C19H22O2/c1-21-13-14-9-11-16(12-10-14)19(20)18-8-3-2-7-17(18)15-5-4-6-15/h2-3,7-12,15,19-20H,4-6,13H2,1H3. The number of methoxy groups -OCH3 is 1. The molecule has 1 unspecified atom stereocenters. The Morgan fingerprint density at radius 2 is 1.81 bits per heavy atom. The predicted molar refractivity (Wildman–Crippen MR) is 84.3 cm³/mol. The highest BCUT2D eigenvalue weighted by atomic mass is 16.5. The van der Waals surface area contributed by atoms with E-state index in [2.05, 4.69) is 18.2 Å². The Labute approximate surface area is 126 Å². The van der Waals surface area contributed by atoms with Crippen molar-refractivity contribution in [2.45, 2.75) is 37.9 Å². The van der Waals surface area contributed by atoms with E-state index in [4.69, 9.17) is 4.74 Å². The topological polar surface area (TPSA) is 29.5 Å². The normalized spacial score (nSPS) is 16.5. The summed E-state index contributed by atoms with van der Waals surface area (Å²) in [7, 11) is 1.69. The van der Waals surface area contributed by atoms with E-state index in [9.17, 15) is 5.11 Å². The van der Waals surface area contributed by atoms with E-state index in [1.54, 1.807) is 7.11 Å². The van der Waals surface area contributed by atoms with Gasteiger partial charge in [0, 0.05) is 7.11 Å². The zero-order valence-electron chi connectivity index (χ0n) is 12.5. The largest absolute Gasteiger partial charge is 0.384 e. The van der Waals surface area contributed by atoms with Crippen molar-refractivity contribution >= 4 is 0 Å². The van der Waals surface area contributed by atoms with Crippen LogP contribution < -0.4 is 0 Å². The summed E-state index contributed by atoms with van der Waals surface area (Å²) < 4.78 is 5.12. The van der Waals surface area contributed by atoms with Crippen LogP contribution in [0, 0.1) is 0 Å². The Morgan fingerprint density at radius 3 is 2.43 bits per heavy atom. The fourth-order valence-corrected chi connectivity index (χ4v) is 2.99. The van der Waals surface area contributed by atoms with E-state index < -0.39 is 6.10 Å². The smallest absolute Gasteiger partial charge is 0.104 e. The van der Waals surface area contributed by atoms with Crippen molar-refractivity contribution in [1.29, 1.82) is 0 Å². The van der Waals surface area contributed by atoms with Gasteiger partial charge in [-0.1, -0.05) is 55.0 Å². The molecule has 110 valence electrons. The van der Waals surface area contributed by atoms with Crippen LogP contribution in [0.25, 0.3) is 0 Å². The summed E-state index contributed by atoms with van der Waals surface area (Å²) in [5.74, 6) is 0.628. The van der Waals surface area contributed by atoms with E-state index in [1.165, 1.54) is 24.8 Å². The first kappa shape index (κ1) is 14.3. The molecule has 0 radical (unpaired) electrons. The summed E-state index contributed by atoms with van der Waals surface area (Å²) in [4.78, 5) is 0. The number of ether oxygens (including phenoxy) is 1. The summed E-state index contributed by atoms with van der Waals surface area (Å²) in [6, 6.07) is 16.4. The van der Waals surface area contributed by atoms with E-state index in [0.717, 1.165) is 16.7 Å². The monoisotopic (exact) mass is 282 g/mol. The fraction of sp³-hybridized carbons (Fsp3) is 0.368. The lowest BCUT2D eigenvalue weighted by atomic mass is 9.77. The molecule has 2 heteroatoms. The maximum absolute atomic E-state index is 10.7. The molecule has 1 aliphatic carbocycles. The minimum absolute atomic E-state index is 0.543. The highest BCUT2D eigenvalue weighted by molar-refractivity contribution is 5.39. The third-order valence-corrected chi connectivity index (χ3v) is 4.44. The van der Waals surface area contributed by atoms with Crippen LogP contribution in [-0.4, -0.2) is 12.2 Å². The van der Waals surface area contributed by atoms with Gasteiger partial charge in [-0.05, 0) is 41.0 Å². The van der Waals surface area contributed by atoms with Crippen molar-refractivity contribution in [3.63, 3.8) is 0 Å². The van der Waals surface area contributed by atoms with E-state index in [1.807, 2.05) is 30.3 Å². The molecule has 3 rings (SSSR count). The first-order chi connectivity index (χ1) is 10.3. The Hall–Kier alpha value is -1.64. The minimum Gasteiger partial charge on any atom is -0.384 e. The SMILES string of the molecule is COCc1ccc(C(O)c2ccccc2C2CCC2)cc1. The average molecular weight is 282 g/mol. The number of rotatable bonds is 5. The molecule has 0 saturated heterocycles. The Bertz CT molecular complexity index is 585. The summed E-state index contributed by atoms with van der Waals surface area (Å²) in [5, 5.41) is 10.7. The lowest BCUT2D eigenvalue weighted by Gasteiger charge is -2.29. The molecule has 0 spiro atoms. The summed E-state index contributed by atoms with van der Waals surface area (Å²) in [6.45, 7) is 0.606. The van der Waals surface area contributed by atoms with Crippen molar-refractivity contribution < 1.29 is 9.84 Å². The molecule has 0 heterocycles. The summed E-state index contributed by atoms with van der Waals surface area (Å²) in [5.41, 5.74) is 4.45. The number of hydrogen-bond acceptors (Lipinski definition) is 2. The number of benzene rings is 2. The zero-order valence-corrected chi connectivity index (χ0v) is 12.5. The molecular formula is C19H22O2. The van der Waals surface area contributed by atoms with Gasteiger partial charge in [0.25, 0.3) is 0 Å². The van der Waals surface area contributed by atoms with E-state index in [-0.39, 0.29) is 0 Å². The Morgan fingerprint density at radius 1 is 1.10 bits per heavy atom. The van der Waals surface area contributed by atoms with Crippen molar-refractivity contribution in [2.24, 2.45) is 0 Å². The Balaban J connectivity index is 1.85. The first-order valence-corrected chi connectivity index (χ1v) is 7.64. The molecule has 1 N–H and O–H groups in total. The van der Waals surface area contributed by atoms with Gasteiger partial charge < -0.3 is 9.84 Å². The molecule has 0 bridgehead atoms. The van der Waals surface area contributed by atoms with Gasteiger partial charge >= 0.3 is 0 Å². The lowest BCUT2D eigenvalue weighted by Crippen LogP contribution is -2.13. The molecule has 2 aromatic carbocycles. The van der Waals surface area contributed by atoms with Crippen LogP contribution in [-0.2, 0) is 11.3 Å². The van der Waals surface area contributed by atoms with E-state index >= 15 is 0 Å². The molecule has 2 nitrogen and oxygen atoms in total. The molecule has 1 saturated carbocycles. The second-order valence-electron chi connectivity index (χ2n) is 5.83. The second kappa shape index (κ2) is 6.42. The molecule has 1 atom stereocenters. The number of aliphatic hydroxyl groups is 1. The van der Waals surface area contributed by atoms with Crippen LogP contribution in [0.5, 0.6) is 0 Å². The van der Waals surface area contributed by atoms with Crippen molar-refractivity contribution in [1.82, 2.24) is 0 Å². The molecule has 0 aromatic heterocycles. The molecule has 2 aromatic rings. The maximum atomic E-state index is 10.7. The second-order valence-corrected chi connectivity index (χ2v) is 5.83. The predicted octanol–water partition coefficient (Wildman–Crippen LogP) is 4.18. The van der Waals surface area contributed by atoms with Gasteiger partial charge in [-0.15, -0.1) is 0 Å². The number of hydrogen-bond donors (Lipinski definition) is 1. The van der Waals surface area contributed by atoms with Gasteiger partial charge in [-0.2, -0.15) is 0 Å². The molecule has 21 heavy (non-hydrogen) atoms. The van der Waals surface area contributed by atoms with Crippen LogP contribution in [0.4, 0.5) is 0 Å². The highest BCUT2D eigenvalue weighted by Gasteiger charge is 2.24. The summed E-state index contributed by atoms with van der Waals surface area (Å²) in [6.07, 6.45) is 3.26. The van der Waals surface area contributed by atoms with Gasteiger partial charge in [-0.25, -0.2) is 0 Å². The third-order valence-electron chi connectivity index (χ3n) is 4.44. The third kappa shape index (κ3) is 3.02. The Kier molecular flexibility index (Phi) is 4.37. The molecule has 1 fully saturated rings. The zero-order chi connectivity index (χ0) is 14.7. The van der Waals surface area contributed by atoms with Crippen LogP contribution in [0.1, 0.15) is 53.5 Å². The minimum atomic E-state index is -0.543. The molecular weight excluding hydrogens is 260 g/mol. The van der Waals surface area contributed by atoms with Gasteiger partial charge in [0.2, 0.25) is 0 Å².